The van der Waals surface area contributed by atoms with Crippen molar-refractivity contribution >= 4 is 29.3 Å². The van der Waals surface area contributed by atoms with Gasteiger partial charge in [-0.15, -0.1) is 11.8 Å². The van der Waals surface area contributed by atoms with Crippen LogP contribution in [0.1, 0.15) is 6.42 Å². The Hall–Kier alpha value is -1.59. The molecule has 0 unspecified atom stereocenters. The predicted octanol–water partition coefficient (Wildman–Crippen LogP) is 3.45. The SMILES string of the molecule is COC(=O)CCSc1cc(Cl)nc(-c2ccccc2)n1. The van der Waals surface area contributed by atoms with E-state index in [0.717, 1.165) is 10.6 Å². The highest BCUT2D eigenvalue weighted by Crippen LogP contribution is 2.24. The molecule has 0 saturated carbocycles. The molecule has 20 heavy (non-hydrogen) atoms. The molecule has 0 amide bonds. The van der Waals surface area contributed by atoms with Crippen molar-refractivity contribution in [2.75, 3.05) is 12.9 Å². The van der Waals surface area contributed by atoms with Gasteiger partial charge in [-0.1, -0.05) is 41.9 Å². The number of carbonyl (C=O) groups excluding carboxylic acids is 1. The van der Waals surface area contributed by atoms with Gasteiger partial charge in [0.25, 0.3) is 0 Å². The van der Waals surface area contributed by atoms with Gasteiger partial charge in [-0.05, 0) is 0 Å². The Balaban J connectivity index is 2.11. The van der Waals surface area contributed by atoms with E-state index in [-0.39, 0.29) is 5.97 Å². The van der Waals surface area contributed by atoms with Gasteiger partial charge in [0.2, 0.25) is 0 Å². The van der Waals surface area contributed by atoms with E-state index < -0.39 is 0 Å². The van der Waals surface area contributed by atoms with Crippen molar-refractivity contribution in [1.29, 1.82) is 0 Å². The molecule has 1 aromatic heterocycles. The highest BCUT2D eigenvalue weighted by molar-refractivity contribution is 7.99. The zero-order valence-corrected chi connectivity index (χ0v) is 12.4. The number of ether oxygens (including phenoxy) is 1. The summed E-state index contributed by atoms with van der Waals surface area (Å²) in [6, 6.07) is 11.3. The molecule has 2 rings (SSSR count). The van der Waals surface area contributed by atoms with Crippen LogP contribution >= 0.6 is 23.4 Å². The molecule has 0 aliphatic heterocycles. The summed E-state index contributed by atoms with van der Waals surface area (Å²) in [6.07, 6.45) is 0.337. The molecule has 0 spiro atoms. The summed E-state index contributed by atoms with van der Waals surface area (Å²) in [7, 11) is 1.38. The standard InChI is InChI=1S/C14H13ClN2O2S/c1-19-13(18)7-8-20-12-9-11(15)16-14(17-12)10-5-3-2-4-6-10/h2-6,9H,7-8H2,1H3. The topological polar surface area (TPSA) is 52.1 Å². The molecule has 0 saturated heterocycles. The number of methoxy groups -OCH3 is 1. The normalized spacial score (nSPS) is 10.3. The van der Waals surface area contributed by atoms with Crippen LogP contribution in [0.15, 0.2) is 41.4 Å². The monoisotopic (exact) mass is 308 g/mol. The van der Waals surface area contributed by atoms with Gasteiger partial charge < -0.3 is 4.74 Å². The number of benzene rings is 1. The lowest BCUT2D eigenvalue weighted by Gasteiger charge is -2.05. The van der Waals surface area contributed by atoms with Crippen LogP contribution in [0, 0.1) is 0 Å². The van der Waals surface area contributed by atoms with Crippen molar-refractivity contribution in [3.8, 4) is 11.4 Å². The van der Waals surface area contributed by atoms with Crippen LogP contribution in [-0.2, 0) is 9.53 Å². The quantitative estimate of drug-likeness (QED) is 0.481. The summed E-state index contributed by atoms with van der Waals surface area (Å²) < 4.78 is 4.59. The lowest BCUT2D eigenvalue weighted by molar-refractivity contribution is -0.140. The molecule has 4 nitrogen and oxygen atoms in total. The molecule has 104 valence electrons. The third kappa shape index (κ3) is 4.21. The average Bonchev–Trinajstić information content (AvgIpc) is 2.47. The molecule has 0 fully saturated rings. The van der Waals surface area contributed by atoms with E-state index >= 15 is 0 Å². The molecule has 0 radical (unpaired) electrons. The maximum absolute atomic E-state index is 11.1. The van der Waals surface area contributed by atoms with Crippen molar-refractivity contribution in [3.05, 3.63) is 41.6 Å². The van der Waals surface area contributed by atoms with Gasteiger partial charge in [-0.2, -0.15) is 0 Å². The van der Waals surface area contributed by atoms with Gasteiger partial charge in [0.05, 0.1) is 13.5 Å². The predicted molar refractivity (Wildman–Crippen MR) is 79.8 cm³/mol. The van der Waals surface area contributed by atoms with Crippen LogP contribution in [0.25, 0.3) is 11.4 Å². The molecule has 2 aromatic rings. The van der Waals surface area contributed by atoms with Crippen molar-refractivity contribution in [2.24, 2.45) is 0 Å². The van der Waals surface area contributed by atoms with Crippen LogP contribution in [-0.4, -0.2) is 28.8 Å². The number of nitrogens with zero attached hydrogens (tertiary/aromatic N) is 2. The fraction of sp³-hybridized carbons (Fsp3) is 0.214. The lowest BCUT2D eigenvalue weighted by atomic mass is 10.2. The fourth-order valence-corrected chi connectivity index (χ4v) is 2.60. The van der Waals surface area contributed by atoms with Gasteiger partial charge in [-0.25, -0.2) is 9.97 Å². The van der Waals surface area contributed by atoms with Crippen LogP contribution < -0.4 is 0 Å². The average molecular weight is 309 g/mol. The third-order valence-electron chi connectivity index (χ3n) is 2.49. The number of hydrogen-bond donors (Lipinski definition) is 0. The van der Waals surface area contributed by atoms with E-state index in [9.17, 15) is 4.79 Å². The zero-order chi connectivity index (χ0) is 14.4. The second-order valence-corrected chi connectivity index (χ2v) is 5.40. The molecule has 1 heterocycles. The minimum Gasteiger partial charge on any atom is -0.469 e. The molecule has 0 aliphatic carbocycles. The van der Waals surface area contributed by atoms with Gasteiger partial charge in [0.1, 0.15) is 10.2 Å². The molecular formula is C14H13ClN2O2S. The highest BCUT2D eigenvalue weighted by atomic mass is 35.5. The number of rotatable bonds is 5. The summed E-state index contributed by atoms with van der Waals surface area (Å²) in [5, 5.41) is 1.13. The van der Waals surface area contributed by atoms with Crippen LogP contribution in [0.2, 0.25) is 5.15 Å². The first kappa shape index (κ1) is 14.8. The summed E-state index contributed by atoms with van der Waals surface area (Å²) in [4.78, 5) is 19.7. The first-order valence-electron chi connectivity index (χ1n) is 5.98. The number of thioether (sulfide) groups is 1. The summed E-state index contributed by atoms with van der Waals surface area (Å²) in [6.45, 7) is 0. The van der Waals surface area contributed by atoms with Crippen molar-refractivity contribution in [3.63, 3.8) is 0 Å². The molecule has 0 atom stereocenters. The minimum atomic E-state index is -0.235. The van der Waals surface area contributed by atoms with E-state index in [1.807, 2.05) is 30.3 Å². The summed E-state index contributed by atoms with van der Waals surface area (Å²) in [5.74, 6) is 0.938. The largest absolute Gasteiger partial charge is 0.469 e. The van der Waals surface area contributed by atoms with E-state index in [1.165, 1.54) is 18.9 Å². The molecule has 6 heteroatoms. The Bertz CT molecular complexity index is 593. The molecular weight excluding hydrogens is 296 g/mol. The fourth-order valence-electron chi connectivity index (χ4n) is 1.53. The first-order chi connectivity index (χ1) is 9.69. The van der Waals surface area contributed by atoms with E-state index in [2.05, 4.69) is 14.7 Å². The maximum Gasteiger partial charge on any atom is 0.306 e. The lowest BCUT2D eigenvalue weighted by Crippen LogP contribution is -2.01. The number of aromatic nitrogens is 2. The number of carbonyl (C=O) groups is 1. The Morgan fingerprint density at radius 1 is 1.30 bits per heavy atom. The first-order valence-corrected chi connectivity index (χ1v) is 7.35. The third-order valence-corrected chi connectivity index (χ3v) is 3.59. The number of hydrogen-bond acceptors (Lipinski definition) is 5. The van der Waals surface area contributed by atoms with E-state index in [1.54, 1.807) is 6.07 Å². The van der Waals surface area contributed by atoms with E-state index in [0.29, 0.717) is 23.2 Å². The van der Waals surface area contributed by atoms with Gasteiger partial charge >= 0.3 is 5.97 Å². The van der Waals surface area contributed by atoms with Crippen LogP contribution in [0.5, 0.6) is 0 Å². The molecule has 0 aliphatic rings. The van der Waals surface area contributed by atoms with Gasteiger partial charge in [0, 0.05) is 17.4 Å². The minimum absolute atomic E-state index is 0.235. The second kappa shape index (κ2) is 7.26. The zero-order valence-electron chi connectivity index (χ0n) is 10.9. The maximum atomic E-state index is 11.1. The Morgan fingerprint density at radius 2 is 2.05 bits per heavy atom. The molecule has 0 bridgehead atoms. The van der Waals surface area contributed by atoms with Crippen molar-refractivity contribution in [1.82, 2.24) is 9.97 Å². The smallest absolute Gasteiger partial charge is 0.306 e. The highest BCUT2D eigenvalue weighted by Gasteiger charge is 2.07. The van der Waals surface area contributed by atoms with Crippen LogP contribution in [0.4, 0.5) is 0 Å². The molecule has 0 N–H and O–H groups in total. The summed E-state index contributed by atoms with van der Waals surface area (Å²) >= 11 is 7.46. The second-order valence-electron chi connectivity index (χ2n) is 3.89. The Morgan fingerprint density at radius 3 is 2.75 bits per heavy atom. The van der Waals surface area contributed by atoms with Gasteiger partial charge in [0.15, 0.2) is 5.82 Å². The van der Waals surface area contributed by atoms with E-state index in [4.69, 9.17) is 11.6 Å². The number of esters is 1. The van der Waals surface area contributed by atoms with Crippen LogP contribution in [0.3, 0.4) is 0 Å². The van der Waals surface area contributed by atoms with Crippen molar-refractivity contribution in [2.45, 2.75) is 11.4 Å². The van der Waals surface area contributed by atoms with Gasteiger partial charge in [-0.3, -0.25) is 4.79 Å². The Kier molecular flexibility index (Phi) is 5.38. The van der Waals surface area contributed by atoms with Crippen molar-refractivity contribution < 1.29 is 9.53 Å². The molecule has 1 aromatic carbocycles. The number of halogens is 1. The summed E-state index contributed by atoms with van der Waals surface area (Å²) in [5.41, 5.74) is 0.907. The Labute approximate surface area is 126 Å².